The van der Waals surface area contributed by atoms with Crippen LogP contribution in [0.15, 0.2) is 12.1 Å². The van der Waals surface area contributed by atoms with E-state index in [1.807, 2.05) is 6.07 Å². The van der Waals surface area contributed by atoms with Crippen molar-refractivity contribution in [2.24, 2.45) is 23.7 Å². The third-order valence-electron chi connectivity index (χ3n) is 9.10. The van der Waals surface area contributed by atoms with Crippen LogP contribution in [0.1, 0.15) is 50.7 Å². The molecule has 0 amide bonds. The van der Waals surface area contributed by atoms with E-state index < -0.39 is 0 Å². The Morgan fingerprint density at radius 1 is 1.29 bits per heavy atom. The fraction of sp³-hybridized carbons (Fsp3) is 0.708. The van der Waals surface area contributed by atoms with Crippen LogP contribution in [0.3, 0.4) is 0 Å². The molecule has 1 saturated heterocycles. The van der Waals surface area contributed by atoms with Crippen molar-refractivity contribution in [1.82, 2.24) is 4.90 Å². The highest BCUT2D eigenvalue weighted by Crippen LogP contribution is 2.65. The molecule has 3 aliphatic carbocycles. The fourth-order valence-electron chi connectivity index (χ4n) is 7.40. The largest absolute Gasteiger partial charge is 0.493 e. The van der Waals surface area contributed by atoms with Crippen LogP contribution in [0.5, 0.6) is 11.5 Å². The second-order valence-electron chi connectivity index (χ2n) is 10.1. The molecule has 6 atom stereocenters. The third-order valence-corrected chi connectivity index (χ3v) is 9.10. The minimum atomic E-state index is -0.317. The third kappa shape index (κ3) is 1.93. The minimum absolute atomic E-state index is 0.0659. The van der Waals surface area contributed by atoms with Crippen LogP contribution in [0, 0.1) is 23.7 Å². The molecule has 4 nitrogen and oxygen atoms in total. The van der Waals surface area contributed by atoms with Crippen LogP contribution in [0.4, 0.5) is 0 Å². The molecule has 0 radical (unpaired) electrons. The molecule has 6 rings (SSSR count). The van der Waals surface area contributed by atoms with E-state index in [2.05, 4.69) is 24.8 Å². The van der Waals surface area contributed by atoms with Gasteiger partial charge in [0.15, 0.2) is 23.4 Å². The smallest absolute Gasteiger partial charge is 0.177 e. The zero-order valence-corrected chi connectivity index (χ0v) is 17.2. The summed E-state index contributed by atoms with van der Waals surface area (Å²) >= 11 is 0. The van der Waals surface area contributed by atoms with E-state index in [9.17, 15) is 4.79 Å². The predicted molar refractivity (Wildman–Crippen MR) is 107 cm³/mol. The number of carbonyl (C=O) groups excluding carboxylic acids is 1. The Labute approximate surface area is 167 Å². The number of carbonyl (C=O) groups is 1. The van der Waals surface area contributed by atoms with Gasteiger partial charge in [-0.15, -0.1) is 0 Å². The molecular weight excluding hydrogens is 350 g/mol. The number of hydrogen-bond acceptors (Lipinski definition) is 4. The monoisotopic (exact) mass is 381 g/mol. The average molecular weight is 382 g/mol. The van der Waals surface area contributed by atoms with Gasteiger partial charge in [-0.3, -0.25) is 9.69 Å². The summed E-state index contributed by atoms with van der Waals surface area (Å²) in [5.41, 5.74) is 2.59. The highest BCUT2D eigenvalue weighted by Gasteiger charge is 2.69. The zero-order valence-electron chi connectivity index (χ0n) is 17.2. The number of benzene rings is 1. The van der Waals surface area contributed by atoms with Crippen LogP contribution in [0.2, 0.25) is 0 Å². The molecular formula is C24H31NO3. The normalized spacial score (nSPS) is 41.2. The molecule has 28 heavy (non-hydrogen) atoms. The standard InChI is InChI=1S/C24H31NO3/c1-13-14(2)21(26)23-24-9-10-25(12-15-5-4-6-15)17(19(13)24)11-16-7-8-18(27-3)22(28-23)20(16)24/h7-8,13-15,17,19,23H,4-6,9-12H2,1-3H3/t13-,14-,17?,19?,23?,24?/m0/s1. The Bertz CT molecular complexity index is 846. The van der Waals surface area contributed by atoms with Crippen LogP contribution < -0.4 is 9.47 Å². The summed E-state index contributed by atoms with van der Waals surface area (Å²) in [7, 11) is 1.71. The van der Waals surface area contributed by atoms with Gasteiger partial charge in [0.25, 0.3) is 0 Å². The number of Topliss-reactive ketones (excluding diaryl/α,β-unsaturated/α-hetero) is 1. The molecule has 1 spiro atoms. The van der Waals surface area contributed by atoms with Gasteiger partial charge in [-0.2, -0.15) is 0 Å². The van der Waals surface area contributed by atoms with E-state index in [4.69, 9.17) is 9.47 Å². The van der Waals surface area contributed by atoms with Crippen molar-refractivity contribution >= 4 is 5.78 Å². The van der Waals surface area contributed by atoms with E-state index in [1.54, 1.807) is 7.11 Å². The van der Waals surface area contributed by atoms with Crippen molar-refractivity contribution in [1.29, 1.82) is 0 Å². The molecule has 150 valence electrons. The van der Waals surface area contributed by atoms with Crippen LogP contribution in [-0.2, 0) is 16.6 Å². The SMILES string of the molecule is COc1ccc2c3c1OC1C(=O)[C@@H](C)[C@H](C)C4C(C2)N(CC2CCC2)CCC314. The maximum Gasteiger partial charge on any atom is 0.177 e. The maximum atomic E-state index is 13.4. The quantitative estimate of drug-likeness (QED) is 0.802. The summed E-state index contributed by atoms with van der Waals surface area (Å²) in [5.74, 6) is 3.82. The number of likely N-dealkylation sites (tertiary alicyclic amines) is 1. The maximum absolute atomic E-state index is 13.4. The lowest BCUT2D eigenvalue weighted by Crippen LogP contribution is -2.70. The lowest BCUT2D eigenvalue weighted by atomic mass is 9.47. The van der Waals surface area contributed by atoms with Gasteiger partial charge < -0.3 is 9.47 Å². The Morgan fingerprint density at radius 2 is 2.11 bits per heavy atom. The van der Waals surface area contributed by atoms with Crippen LogP contribution in [-0.4, -0.2) is 43.0 Å². The Hall–Kier alpha value is -1.55. The summed E-state index contributed by atoms with van der Waals surface area (Å²) in [4.78, 5) is 16.2. The Balaban J connectivity index is 1.52. The van der Waals surface area contributed by atoms with Gasteiger partial charge in [0.05, 0.1) is 7.11 Å². The van der Waals surface area contributed by atoms with Gasteiger partial charge in [-0.1, -0.05) is 26.3 Å². The summed E-state index contributed by atoms with van der Waals surface area (Å²) < 4.78 is 12.1. The van der Waals surface area contributed by atoms with Crippen molar-refractivity contribution in [2.45, 2.75) is 63.5 Å². The molecule has 2 aliphatic heterocycles. The van der Waals surface area contributed by atoms with Gasteiger partial charge in [-0.25, -0.2) is 0 Å². The molecule has 1 aromatic carbocycles. The number of rotatable bonds is 3. The molecule has 0 aromatic heterocycles. The number of nitrogens with zero attached hydrogens (tertiary/aromatic N) is 1. The molecule has 5 aliphatic rings. The molecule has 4 unspecified atom stereocenters. The molecule has 2 bridgehead atoms. The molecule has 4 heteroatoms. The average Bonchev–Trinajstić information content (AvgIpc) is 3.00. The van der Waals surface area contributed by atoms with Crippen LogP contribution in [0.25, 0.3) is 0 Å². The highest BCUT2D eigenvalue weighted by molar-refractivity contribution is 5.91. The van der Waals surface area contributed by atoms with Gasteiger partial charge in [0, 0.05) is 29.5 Å². The number of hydrogen-bond donors (Lipinski definition) is 0. The van der Waals surface area contributed by atoms with Crippen molar-refractivity contribution in [3.63, 3.8) is 0 Å². The summed E-state index contributed by atoms with van der Waals surface area (Å²) in [5, 5.41) is 0. The first kappa shape index (κ1) is 17.3. The zero-order chi connectivity index (χ0) is 19.2. The number of methoxy groups -OCH3 is 1. The number of piperidine rings is 1. The van der Waals surface area contributed by atoms with E-state index in [-0.39, 0.29) is 17.4 Å². The van der Waals surface area contributed by atoms with Crippen molar-refractivity contribution in [3.05, 3.63) is 23.3 Å². The summed E-state index contributed by atoms with van der Waals surface area (Å²) in [6.45, 7) is 6.80. The highest BCUT2D eigenvalue weighted by atomic mass is 16.5. The van der Waals surface area contributed by atoms with E-state index in [0.29, 0.717) is 23.7 Å². The first-order valence-corrected chi connectivity index (χ1v) is 11.2. The van der Waals surface area contributed by atoms with Crippen molar-refractivity contribution < 1.29 is 14.3 Å². The van der Waals surface area contributed by atoms with Gasteiger partial charge in [0.1, 0.15) is 0 Å². The topological polar surface area (TPSA) is 38.8 Å². The number of ketones is 1. The molecule has 0 N–H and O–H groups in total. The van der Waals surface area contributed by atoms with Crippen molar-refractivity contribution in [3.8, 4) is 11.5 Å². The Morgan fingerprint density at radius 3 is 2.82 bits per heavy atom. The summed E-state index contributed by atoms with van der Waals surface area (Å²) in [6.07, 6.45) is 6.01. The lowest BCUT2D eigenvalue weighted by Gasteiger charge is -2.61. The molecule has 2 saturated carbocycles. The minimum Gasteiger partial charge on any atom is -0.493 e. The summed E-state index contributed by atoms with van der Waals surface area (Å²) in [6, 6.07) is 4.83. The number of ether oxygens (including phenoxy) is 2. The van der Waals surface area contributed by atoms with Crippen molar-refractivity contribution in [2.75, 3.05) is 20.2 Å². The first-order chi connectivity index (χ1) is 13.6. The van der Waals surface area contributed by atoms with E-state index >= 15 is 0 Å². The van der Waals surface area contributed by atoms with E-state index in [0.717, 1.165) is 36.8 Å². The molecule has 1 aromatic rings. The molecule has 3 fully saturated rings. The predicted octanol–water partition coefficient (Wildman–Crippen LogP) is 3.60. The second kappa shape index (κ2) is 5.75. The fourth-order valence-corrected chi connectivity index (χ4v) is 7.40. The first-order valence-electron chi connectivity index (χ1n) is 11.2. The van der Waals surface area contributed by atoms with Gasteiger partial charge >= 0.3 is 0 Å². The van der Waals surface area contributed by atoms with Gasteiger partial charge in [0.2, 0.25) is 0 Å². The molecule has 2 heterocycles. The second-order valence-corrected chi connectivity index (χ2v) is 10.1. The van der Waals surface area contributed by atoms with E-state index in [1.165, 1.54) is 36.9 Å². The Kier molecular flexibility index (Phi) is 3.56. The van der Waals surface area contributed by atoms with Gasteiger partial charge in [-0.05, 0) is 61.6 Å². The lowest BCUT2D eigenvalue weighted by molar-refractivity contribution is -0.152. The van der Waals surface area contributed by atoms with Crippen LogP contribution >= 0.6 is 0 Å².